The summed E-state index contributed by atoms with van der Waals surface area (Å²) in [4.78, 5) is 11.7. The Morgan fingerprint density at radius 2 is 2.08 bits per heavy atom. The van der Waals surface area contributed by atoms with Crippen molar-refractivity contribution in [3.8, 4) is 5.75 Å². The number of aromatic carboxylic acids is 1. The molecule has 2 aliphatic rings. The lowest BCUT2D eigenvalue weighted by atomic mass is 9.76. The second-order valence-electron chi connectivity index (χ2n) is 6.55. The van der Waals surface area contributed by atoms with Gasteiger partial charge >= 0.3 is 5.97 Å². The summed E-state index contributed by atoms with van der Waals surface area (Å²) in [6, 6.07) is 13.4. The van der Waals surface area contributed by atoms with Crippen molar-refractivity contribution in [2.75, 3.05) is 11.9 Å². The summed E-state index contributed by atoms with van der Waals surface area (Å²) in [5.74, 6) is 0.595. The highest BCUT2D eigenvalue weighted by molar-refractivity contribution is 5.89. The van der Waals surface area contributed by atoms with E-state index in [1.165, 1.54) is 5.56 Å². The molecule has 4 heteroatoms. The Morgan fingerprint density at radius 3 is 2.88 bits per heavy atom. The number of rotatable bonds is 4. The zero-order valence-electron chi connectivity index (χ0n) is 14.1. The number of fused-ring (bicyclic) bond motifs is 3. The monoisotopic (exact) mass is 335 g/mol. The molecule has 4 rings (SSSR count). The molecular formula is C21H21NO3. The van der Waals surface area contributed by atoms with Gasteiger partial charge in [0.05, 0.1) is 18.2 Å². The zero-order valence-corrected chi connectivity index (χ0v) is 14.1. The summed E-state index contributed by atoms with van der Waals surface area (Å²) in [6.45, 7) is 2.62. The minimum Gasteiger partial charge on any atom is -0.494 e. The number of hydrogen-bond acceptors (Lipinski definition) is 3. The van der Waals surface area contributed by atoms with Gasteiger partial charge in [0, 0.05) is 11.6 Å². The van der Waals surface area contributed by atoms with Crippen LogP contribution < -0.4 is 10.1 Å². The van der Waals surface area contributed by atoms with E-state index < -0.39 is 5.97 Å². The van der Waals surface area contributed by atoms with E-state index in [0.717, 1.165) is 23.4 Å². The van der Waals surface area contributed by atoms with Gasteiger partial charge in [-0.15, -0.1) is 0 Å². The van der Waals surface area contributed by atoms with Gasteiger partial charge in [0.2, 0.25) is 0 Å². The number of carboxylic acid groups (broad SMARTS) is 1. The highest BCUT2D eigenvalue weighted by Gasteiger charge is 2.39. The molecule has 3 atom stereocenters. The van der Waals surface area contributed by atoms with Crippen molar-refractivity contribution in [3.05, 3.63) is 71.3 Å². The van der Waals surface area contributed by atoms with Crippen molar-refractivity contribution in [1.29, 1.82) is 0 Å². The lowest BCUT2D eigenvalue weighted by molar-refractivity contribution is 0.0694. The fourth-order valence-electron chi connectivity index (χ4n) is 4.10. The maximum atomic E-state index is 11.7. The van der Waals surface area contributed by atoms with Crippen LogP contribution in [-0.4, -0.2) is 17.7 Å². The van der Waals surface area contributed by atoms with Gasteiger partial charge in [0.25, 0.3) is 0 Å². The van der Waals surface area contributed by atoms with E-state index in [-0.39, 0.29) is 12.0 Å². The van der Waals surface area contributed by atoms with Gasteiger partial charge in [-0.2, -0.15) is 0 Å². The van der Waals surface area contributed by atoms with Crippen molar-refractivity contribution in [3.63, 3.8) is 0 Å². The molecule has 1 heterocycles. The molecule has 2 N–H and O–H groups in total. The van der Waals surface area contributed by atoms with Gasteiger partial charge in [-0.25, -0.2) is 4.79 Å². The van der Waals surface area contributed by atoms with Crippen molar-refractivity contribution >= 4 is 11.7 Å². The third kappa shape index (κ3) is 2.68. The molecule has 0 saturated heterocycles. The standard InChI is InChI=1S/C21H21NO3/c1-2-25-13-10-11-19-18(12-13)14-8-5-9-15(14)20(22-19)16-6-3-4-7-17(16)21(23)24/h3-8,10-12,14-15,20,22H,2,9H2,1H3,(H,23,24)/t14-,15-,20+/m1/s1. The van der Waals surface area contributed by atoms with Gasteiger partial charge in [-0.05, 0) is 54.7 Å². The summed E-state index contributed by atoms with van der Waals surface area (Å²) in [7, 11) is 0. The lowest BCUT2D eigenvalue weighted by Gasteiger charge is -2.38. The largest absolute Gasteiger partial charge is 0.494 e. The number of allylic oxidation sites excluding steroid dienone is 2. The molecule has 1 aliphatic heterocycles. The zero-order chi connectivity index (χ0) is 17.4. The Kier molecular flexibility index (Phi) is 3.96. The predicted molar refractivity (Wildman–Crippen MR) is 97.4 cm³/mol. The SMILES string of the molecule is CCOc1ccc2c(c1)[C@@H]1C=CC[C@H]1[C@@H](c1ccccc1C(=O)O)N2. The molecule has 1 aliphatic carbocycles. The lowest BCUT2D eigenvalue weighted by Crippen LogP contribution is -2.30. The van der Waals surface area contributed by atoms with Crippen molar-refractivity contribution in [1.82, 2.24) is 0 Å². The number of carbonyl (C=O) groups is 1. The molecule has 2 aromatic carbocycles. The number of nitrogens with one attached hydrogen (secondary N) is 1. The van der Waals surface area contributed by atoms with Crippen LogP contribution in [0.5, 0.6) is 5.75 Å². The maximum Gasteiger partial charge on any atom is 0.336 e. The smallest absolute Gasteiger partial charge is 0.336 e. The fourth-order valence-corrected chi connectivity index (χ4v) is 4.10. The van der Waals surface area contributed by atoms with Crippen LogP contribution >= 0.6 is 0 Å². The maximum absolute atomic E-state index is 11.7. The number of benzene rings is 2. The Bertz CT molecular complexity index is 843. The number of ether oxygens (including phenoxy) is 1. The Labute approximate surface area is 147 Å². The third-order valence-electron chi connectivity index (χ3n) is 5.17. The van der Waals surface area contributed by atoms with Crippen LogP contribution in [0.25, 0.3) is 0 Å². The van der Waals surface area contributed by atoms with E-state index in [2.05, 4.69) is 23.5 Å². The van der Waals surface area contributed by atoms with Crippen LogP contribution in [0, 0.1) is 5.92 Å². The van der Waals surface area contributed by atoms with Crippen LogP contribution in [0.2, 0.25) is 0 Å². The van der Waals surface area contributed by atoms with E-state index in [1.807, 2.05) is 31.2 Å². The number of carboxylic acids is 1. The van der Waals surface area contributed by atoms with E-state index in [1.54, 1.807) is 12.1 Å². The average Bonchev–Trinajstić information content (AvgIpc) is 3.11. The molecule has 0 fully saturated rings. The summed E-state index contributed by atoms with van der Waals surface area (Å²) in [5.41, 5.74) is 3.52. The summed E-state index contributed by atoms with van der Waals surface area (Å²) in [5, 5.41) is 13.2. The van der Waals surface area contributed by atoms with Gasteiger partial charge in [0.1, 0.15) is 5.75 Å². The second-order valence-corrected chi connectivity index (χ2v) is 6.55. The average molecular weight is 335 g/mol. The predicted octanol–water partition coefficient (Wildman–Crippen LogP) is 4.61. The summed E-state index contributed by atoms with van der Waals surface area (Å²) in [6.07, 6.45) is 5.39. The quantitative estimate of drug-likeness (QED) is 0.801. The first-order chi connectivity index (χ1) is 12.2. The topological polar surface area (TPSA) is 58.6 Å². The molecular weight excluding hydrogens is 314 g/mol. The van der Waals surface area contributed by atoms with Crippen LogP contribution in [0.4, 0.5) is 5.69 Å². The normalized spacial score (nSPS) is 23.5. The number of anilines is 1. The molecule has 128 valence electrons. The minimum absolute atomic E-state index is 0.0160. The Morgan fingerprint density at radius 1 is 1.24 bits per heavy atom. The molecule has 0 amide bonds. The molecule has 0 bridgehead atoms. The first kappa shape index (κ1) is 15.8. The first-order valence-electron chi connectivity index (χ1n) is 8.71. The Hall–Kier alpha value is -2.75. The van der Waals surface area contributed by atoms with Crippen molar-refractivity contribution < 1.29 is 14.6 Å². The molecule has 0 radical (unpaired) electrons. The molecule has 0 aromatic heterocycles. The molecule has 0 spiro atoms. The van der Waals surface area contributed by atoms with E-state index in [9.17, 15) is 9.90 Å². The Balaban J connectivity index is 1.77. The fraction of sp³-hybridized carbons (Fsp3) is 0.286. The van der Waals surface area contributed by atoms with Gasteiger partial charge in [-0.3, -0.25) is 0 Å². The minimum atomic E-state index is -0.877. The highest BCUT2D eigenvalue weighted by Crippen LogP contribution is 2.50. The second kappa shape index (κ2) is 6.28. The molecule has 2 aromatic rings. The first-order valence-corrected chi connectivity index (χ1v) is 8.71. The van der Waals surface area contributed by atoms with Crippen LogP contribution in [-0.2, 0) is 0 Å². The van der Waals surface area contributed by atoms with Crippen LogP contribution in [0.1, 0.15) is 46.8 Å². The van der Waals surface area contributed by atoms with E-state index >= 15 is 0 Å². The van der Waals surface area contributed by atoms with E-state index in [4.69, 9.17) is 4.74 Å². The van der Waals surface area contributed by atoms with Crippen molar-refractivity contribution in [2.24, 2.45) is 5.92 Å². The molecule has 0 unspecified atom stereocenters. The van der Waals surface area contributed by atoms with Gasteiger partial charge in [-0.1, -0.05) is 30.4 Å². The number of hydrogen-bond donors (Lipinski definition) is 2. The highest BCUT2D eigenvalue weighted by atomic mass is 16.5. The van der Waals surface area contributed by atoms with Crippen molar-refractivity contribution in [2.45, 2.75) is 25.3 Å². The van der Waals surface area contributed by atoms with Crippen LogP contribution in [0.15, 0.2) is 54.6 Å². The molecule has 0 saturated carbocycles. The van der Waals surface area contributed by atoms with E-state index in [0.29, 0.717) is 18.1 Å². The third-order valence-corrected chi connectivity index (χ3v) is 5.17. The summed E-state index contributed by atoms with van der Waals surface area (Å²) >= 11 is 0. The van der Waals surface area contributed by atoms with Gasteiger partial charge in [0.15, 0.2) is 0 Å². The van der Waals surface area contributed by atoms with Crippen LogP contribution in [0.3, 0.4) is 0 Å². The summed E-state index contributed by atoms with van der Waals surface area (Å²) < 4.78 is 5.65. The van der Waals surface area contributed by atoms with Gasteiger partial charge < -0.3 is 15.2 Å². The molecule has 4 nitrogen and oxygen atoms in total. The molecule has 25 heavy (non-hydrogen) atoms.